The first kappa shape index (κ1) is 14.5. The number of aryl methyl sites for hydroxylation is 1. The van der Waals surface area contributed by atoms with E-state index in [1.807, 2.05) is 10.9 Å². The molecule has 4 nitrogen and oxygen atoms in total. The lowest BCUT2D eigenvalue weighted by Gasteiger charge is -2.43. The van der Waals surface area contributed by atoms with Gasteiger partial charge in [-0.2, -0.15) is 5.10 Å². The summed E-state index contributed by atoms with van der Waals surface area (Å²) < 4.78 is 1.98. The first-order chi connectivity index (χ1) is 9.06. The summed E-state index contributed by atoms with van der Waals surface area (Å²) in [4.78, 5) is 0. The molecule has 1 aliphatic rings. The van der Waals surface area contributed by atoms with Crippen molar-refractivity contribution in [1.29, 1.82) is 0 Å². The first-order valence-corrected chi connectivity index (χ1v) is 7.54. The van der Waals surface area contributed by atoms with Crippen molar-refractivity contribution in [2.45, 2.75) is 65.5 Å². The van der Waals surface area contributed by atoms with E-state index in [9.17, 15) is 0 Å². The Labute approximate surface area is 116 Å². The maximum atomic E-state index is 5.83. The molecule has 1 heterocycles. The van der Waals surface area contributed by atoms with E-state index in [0.29, 0.717) is 17.4 Å². The predicted molar refractivity (Wildman–Crippen MR) is 78.5 cm³/mol. The lowest BCUT2D eigenvalue weighted by molar-refractivity contribution is 0.0982. The molecule has 0 spiro atoms. The maximum absolute atomic E-state index is 5.83. The third kappa shape index (κ3) is 3.37. The summed E-state index contributed by atoms with van der Waals surface area (Å²) in [5.41, 5.74) is 4.73. The SMILES string of the molecule is CCn1cc(CC(NN)C2CCCCC2(C)C)cn1. The monoisotopic (exact) mass is 264 g/mol. The van der Waals surface area contributed by atoms with E-state index in [0.717, 1.165) is 13.0 Å². The van der Waals surface area contributed by atoms with Gasteiger partial charge in [-0.3, -0.25) is 16.0 Å². The van der Waals surface area contributed by atoms with Gasteiger partial charge in [-0.05, 0) is 43.1 Å². The summed E-state index contributed by atoms with van der Waals surface area (Å²) in [7, 11) is 0. The van der Waals surface area contributed by atoms with Crippen LogP contribution < -0.4 is 11.3 Å². The van der Waals surface area contributed by atoms with E-state index in [1.54, 1.807) is 0 Å². The summed E-state index contributed by atoms with van der Waals surface area (Å²) in [6, 6.07) is 0.352. The quantitative estimate of drug-likeness (QED) is 0.634. The van der Waals surface area contributed by atoms with E-state index in [2.05, 4.69) is 37.5 Å². The standard InChI is InChI=1S/C15H28N4/c1-4-19-11-12(10-17-19)9-14(18-16)13-7-5-6-8-15(13,2)3/h10-11,13-14,18H,4-9,16H2,1-3H3. The number of hydrogen-bond acceptors (Lipinski definition) is 3. The number of nitrogens with zero attached hydrogens (tertiary/aromatic N) is 2. The van der Waals surface area contributed by atoms with E-state index in [-0.39, 0.29) is 0 Å². The molecule has 2 unspecified atom stereocenters. The van der Waals surface area contributed by atoms with Gasteiger partial charge < -0.3 is 0 Å². The highest BCUT2D eigenvalue weighted by Crippen LogP contribution is 2.42. The second-order valence-corrected chi connectivity index (χ2v) is 6.52. The maximum Gasteiger partial charge on any atom is 0.0522 e. The summed E-state index contributed by atoms with van der Waals surface area (Å²) in [6.07, 6.45) is 10.4. The predicted octanol–water partition coefficient (Wildman–Crippen LogP) is 2.49. The smallest absolute Gasteiger partial charge is 0.0522 e. The molecular weight excluding hydrogens is 236 g/mol. The molecule has 1 aromatic heterocycles. The van der Waals surface area contributed by atoms with Crippen molar-refractivity contribution in [2.75, 3.05) is 0 Å². The highest BCUT2D eigenvalue weighted by molar-refractivity contribution is 5.08. The van der Waals surface area contributed by atoms with Crippen LogP contribution >= 0.6 is 0 Å². The zero-order valence-electron chi connectivity index (χ0n) is 12.5. The van der Waals surface area contributed by atoms with Crippen LogP contribution in [-0.4, -0.2) is 15.8 Å². The molecule has 0 saturated heterocycles. The molecule has 0 bridgehead atoms. The number of rotatable bonds is 5. The summed E-state index contributed by atoms with van der Waals surface area (Å²) in [6.45, 7) is 7.81. The van der Waals surface area contributed by atoms with E-state index < -0.39 is 0 Å². The number of hydrogen-bond donors (Lipinski definition) is 2. The van der Waals surface area contributed by atoms with Crippen LogP contribution in [-0.2, 0) is 13.0 Å². The molecule has 0 aliphatic heterocycles. The van der Waals surface area contributed by atoms with Gasteiger partial charge in [-0.15, -0.1) is 0 Å². The Hall–Kier alpha value is -0.870. The van der Waals surface area contributed by atoms with Crippen molar-refractivity contribution in [3.63, 3.8) is 0 Å². The Balaban J connectivity index is 2.06. The van der Waals surface area contributed by atoms with Gasteiger partial charge in [0.1, 0.15) is 0 Å². The van der Waals surface area contributed by atoms with E-state index in [4.69, 9.17) is 5.84 Å². The molecule has 19 heavy (non-hydrogen) atoms. The van der Waals surface area contributed by atoms with Crippen molar-refractivity contribution < 1.29 is 0 Å². The van der Waals surface area contributed by atoms with Crippen molar-refractivity contribution in [3.05, 3.63) is 18.0 Å². The van der Waals surface area contributed by atoms with Crippen LogP contribution in [0.25, 0.3) is 0 Å². The number of hydrazine groups is 1. The van der Waals surface area contributed by atoms with Crippen molar-refractivity contribution in [3.8, 4) is 0 Å². The molecule has 1 aromatic rings. The van der Waals surface area contributed by atoms with Crippen LogP contribution in [0.4, 0.5) is 0 Å². The first-order valence-electron chi connectivity index (χ1n) is 7.54. The topological polar surface area (TPSA) is 55.9 Å². The highest BCUT2D eigenvalue weighted by Gasteiger charge is 2.37. The van der Waals surface area contributed by atoms with Crippen LogP contribution in [0.1, 0.15) is 52.0 Å². The zero-order valence-corrected chi connectivity index (χ0v) is 12.5. The lowest BCUT2D eigenvalue weighted by atomic mass is 9.65. The zero-order chi connectivity index (χ0) is 13.9. The molecule has 1 saturated carbocycles. The average Bonchev–Trinajstić information content (AvgIpc) is 2.84. The molecule has 2 atom stereocenters. The molecule has 0 radical (unpaired) electrons. The molecule has 0 aromatic carbocycles. The molecule has 0 amide bonds. The second kappa shape index (κ2) is 6.06. The minimum Gasteiger partial charge on any atom is -0.273 e. The van der Waals surface area contributed by atoms with E-state index >= 15 is 0 Å². The van der Waals surface area contributed by atoms with Crippen molar-refractivity contribution in [2.24, 2.45) is 17.2 Å². The largest absolute Gasteiger partial charge is 0.273 e. The minimum atomic E-state index is 0.352. The number of nitrogens with one attached hydrogen (secondary N) is 1. The van der Waals surface area contributed by atoms with Gasteiger partial charge in [0.05, 0.1) is 6.20 Å². The third-order valence-electron chi connectivity index (χ3n) is 4.76. The Kier molecular flexibility index (Phi) is 4.63. The lowest BCUT2D eigenvalue weighted by Crippen LogP contribution is -2.48. The molecule has 1 aliphatic carbocycles. The molecule has 108 valence electrons. The molecule has 1 fully saturated rings. The normalized spacial score (nSPS) is 24.3. The Morgan fingerprint density at radius 1 is 1.53 bits per heavy atom. The Bertz CT molecular complexity index is 397. The fraction of sp³-hybridized carbons (Fsp3) is 0.800. The van der Waals surface area contributed by atoms with Gasteiger partial charge in [-0.1, -0.05) is 26.7 Å². The molecular formula is C15H28N4. The van der Waals surface area contributed by atoms with Gasteiger partial charge in [0.15, 0.2) is 0 Å². The summed E-state index contributed by atoms with van der Waals surface area (Å²) in [5, 5.41) is 4.35. The van der Waals surface area contributed by atoms with Crippen LogP contribution in [0.2, 0.25) is 0 Å². The Morgan fingerprint density at radius 3 is 2.89 bits per heavy atom. The van der Waals surface area contributed by atoms with Crippen LogP contribution in [0.15, 0.2) is 12.4 Å². The summed E-state index contributed by atoms with van der Waals surface area (Å²) in [5.74, 6) is 6.48. The van der Waals surface area contributed by atoms with Crippen LogP contribution in [0.5, 0.6) is 0 Å². The molecule has 4 heteroatoms. The molecule has 3 N–H and O–H groups in total. The van der Waals surface area contributed by atoms with Crippen LogP contribution in [0, 0.1) is 11.3 Å². The molecule has 2 rings (SSSR count). The van der Waals surface area contributed by atoms with Gasteiger partial charge in [0, 0.05) is 18.8 Å². The van der Waals surface area contributed by atoms with Gasteiger partial charge in [0.25, 0.3) is 0 Å². The highest BCUT2D eigenvalue weighted by atomic mass is 15.3. The van der Waals surface area contributed by atoms with Gasteiger partial charge in [0.2, 0.25) is 0 Å². The third-order valence-corrected chi connectivity index (χ3v) is 4.76. The fourth-order valence-corrected chi connectivity index (χ4v) is 3.52. The number of nitrogens with two attached hydrogens (primary N) is 1. The van der Waals surface area contributed by atoms with Gasteiger partial charge >= 0.3 is 0 Å². The Morgan fingerprint density at radius 2 is 2.32 bits per heavy atom. The van der Waals surface area contributed by atoms with E-state index in [1.165, 1.54) is 31.2 Å². The van der Waals surface area contributed by atoms with Crippen molar-refractivity contribution in [1.82, 2.24) is 15.2 Å². The van der Waals surface area contributed by atoms with Crippen molar-refractivity contribution >= 4 is 0 Å². The summed E-state index contributed by atoms with van der Waals surface area (Å²) >= 11 is 0. The second-order valence-electron chi connectivity index (χ2n) is 6.52. The van der Waals surface area contributed by atoms with Crippen LogP contribution in [0.3, 0.4) is 0 Å². The fourth-order valence-electron chi connectivity index (χ4n) is 3.52. The minimum absolute atomic E-state index is 0.352. The average molecular weight is 264 g/mol. The number of aromatic nitrogens is 2. The van der Waals surface area contributed by atoms with Gasteiger partial charge in [-0.25, -0.2) is 0 Å².